The second-order valence-electron chi connectivity index (χ2n) is 6.77. The zero-order valence-corrected chi connectivity index (χ0v) is 12.6. The largest absolute Gasteiger partial charge is 0.317 e. The van der Waals surface area contributed by atoms with E-state index in [4.69, 9.17) is 0 Å². The summed E-state index contributed by atoms with van der Waals surface area (Å²) in [6.07, 6.45) is 8.62. The molecule has 0 aromatic rings. The van der Waals surface area contributed by atoms with Crippen LogP contribution in [0, 0.1) is 11.8 Å². The Morgan fingerprint density at radius 1 is 1.00 bits per heavy atom. The zero-order chi connectivity index (χ0) is 13.0. The molecule has 0 radical (unpaired) electrons. The van der Waals surface area contributed by atoms with Gasteiger partial charge < -0.3 is 5.32 Å². The molecular weight excluding hydrogens is 220 g/mol. The first kappa shape index (κ1) is 14.3. The van der Waals surface area contributed by atoms with Crippen LogP contribution in [0.5, 0.6) is 0 Å². The molecule has 2 aliphatic rings. The lowest BCUT2D eigenvalue weighted by Crippen LogP contribution is -2.46. The van der Waals surface area contributed by atoms with E-state index in [-0.39, 0.29) is 0 Å². The van der Waals surface area contributed by atoms with Gasteiger partial charge in [0.05, 0.1) is 0 Å². The SMILES string of the molecule is CC(C)N(CC1CCNCC1)C(C)C1CCCC1. The summed E-state index contributed by atoms with van der Waals surface area (Å²) >= 11 is 0. The molecule has 0 bridgehead atoms. The van der Waals surface area contributed by atoms with Crippen LogP contribution in [0.25, 0.3) is 0 Å². The maximum atomic E-state index is 3.48. The van der Waals surface area contributed by atoms with Crippen molar-refractivity contribution in [1.82, 2.24) is 10.2 Å². The molecule has 0 aromatic carbocycles. The monoisotopic (exact) mass is 252 g/mol. The van der Waals surface area contributed by atoms with Crippen molar-refractivity contribution in [1.29, 1.82) is 0 Å². The Balaban J connectivity index is 1.89. The first-order valence-corrected chi connectivity index (χ1v) is 8.15. The molecule has 1 aliphatic heterocycles. The van der Waals surface area contributed by atoms with Crippen LogP contribution < -0.4 is 5.32 Å². The lowest BCUT2D eigenvalue weighted by molar-refractivity contribution is 0.0908. The minimum absolute atomic E-state index is 0.704. The summed E-state index contributed by atoms with van der Waals surface area (Å²) in [4.78, 5) is 2.80. The van der Waals surface area contributed by atoms with Crippen molar-refractivity contribution >= 4 is 0 Å². The highest BCUT2D eigenvalue weighted by atomic mass is 15.2. The second kappa shape index (κ2) is 6.91. The fourth-order valence-electron chi connectivity index (χ4n) is 3.92. The van der Waals surface area contributed by atoms with Crippen LogP contribution in [-0.4, -0.2) is 36.6 Å². The lowest BCUT2D eigenvalue weighted by Gasteiger charge is -2.39. The summed E-state index contributed by atoms with van der Waals surface area (Å²) in [5.74, 6) is 1.90. The fraction of sp³-hybridized carbons (Fsp3) is 1.00. The van der Waals surface area contributed by atoms with E-state index in [1.807, 2.05) is 0 Å². The molecule has 1 saturated heterocycles. The minimum Gasteiger partial charge on any atom is -0.317 e. The fourth-order valence-corrected chi connectivity index (χ4v) is 3.92. The molecule has 1 heterocycles. The predicted octanol–water partition coefficient (Wildman–Crippen LogP) is 3.28. The van der Waals surface area contributed by atoms with Crippen LogP contribution in [-0.2, 0) is 0 Å². The number of hydrogen-bond acceptors (Lipinski definition) is 2. The van der Waals surface area contributed by atoms with Gasteiger partial charge in [-0.1, -0.05) is 12.8 Å². The molecule has 18 heavy (non-hydrogen) atoms. The lowest BCUT2D eigenvalue weighted by atomic mass is 9.92. The molecule has 2 rings (SSSR count). The van der Waals surface area contributed by atoms with E-state index in [0.717, 1.165) is 17.9 Å². The van der Waals surface area contributed by atoms with Crippen molar-refractivity contribution in [3.05, 3.63) is 0 Å². The molecule has 2 heteroatoms. The standard InChI is InChI=1S/C16H32N2/c1-13(2)18(12-15-8-10-17-11-9-15)14(3)16-6-4-5-7-16/h13-17H,4-12H2,1-3H3. The van der Waals surface area contributed by atoms with Gasteiger partial charge in [-0.05, 0) is 71.4 Å². The number of rotatable bonds is 5. The van der Waals surface area contributed by atoms with Gasteiger partial charge in [0.25, 0.3) is 0 Å². The first-order chi connectivity index (χ1) is 8.68. The topological polar surface area (TPSA) is 15.3 Å². The zero-order valence-electron chi connectivity index (χ0n) is 12.6. The molecular formula is C16H32N2. The third-order valence-electron chi connectivity index (χ3n) is 5.20. The van der Waals surface area contributed by atoms with Crippen LogP contribution in [0.1, 0.15) is 59.3 Å². The number of piperidine rings is 1. The average Bonchev–Trinajstić information content (AvgIpc) is 2.90. The van der Waals surface area contributed by atoms with E-state index < -0.39 is 0 Å². The summed E-state index contributed by atoms with van der Waals surface area (Å²) in [5, 5.41) is 3.48. The molecule has 1 atom stereocenters. The van der Waals surface area contributed by atoms with E-state index in [9.17, 15) is 0 Å². The molecule has 2 nitrogen and oxygen atoms in total. The Hall–Kier alpha value is -0.0800. The Bertz CT molecular complexity index is 227. The number of nitrogens with one attached hydrogen (secondary N) is 1. The van der Waals surface area contributed by atoms with Gasteiger partial charge >= 0.3 is 0 Å². The Morgan fingerprint density at radius 2 is 1.61 bits per heavy atom. The average molecular weight is 252 g/mol. The van der Waals surface area contributed by atoms with Gasteiger partial charge in [0.1, 0.15) is 0 Å². The van der Waals surface area contributed by atoms with Gasteiger partial charge in [-0.15, -0.1) is 0 Å². The quantitative estimate of drug-likeness (QED) is 0.808. The number of nitrogens with zero attached hydrogens (tertiary/aromatic N) is 1. The van der Waals surface area contributed by atoms with Gasteiger partial charge in [-0.3, -0.25) is 4.90 Å². The van der Waals surface area contributed by atoms with E-state index in [1.165, 1.54) is 58.2 Å². The normalized spacial score (nSPS) is 25.2. The maximum absolute atomic E-state index is 3.48. The smallest absolute Gasteiger partial charge is 0.00980 e. The highest BCUT2D eigenvalue weighted by molar-refractivity contribution is 4.84. The summed E-state index contributed by atoms with van der Waals surface area (Å²) in [7, 11) is 0. The number of hydrogen-bond donors (Lipinski definition) is 1. The van der Waals surface area contributed by atoms with Crippen LogP contribution in [0.15, 0.2) is 0 Å². The molecule has 1 aliphatic carbocycles. The molecule has 2 fully saturated rings. The summed E-state index contributed by atoms with van der Waals surface area (Å²) in [5.41, 5.74) is 0. The third kappa shape index (κ3) is 3.71. The second-order valence-corrected chi connectivity index (χ2v) is 6.77. The van der Waals surface area contributed by atoms with Crippen molar-refractivity contribution in [3.63, 3.8) is 0 Å². The van der Waals surface area contributed by atoms with Gasteiger partial charge in [0.15, 0.2) is 0 Å². The van der Waals surface area contributed by atoms with Crippen molar-refractivity contribution in [3.8, 4) is 0 Å². The third-order valence-corrected chi connectivity index (χ3v) is 5.20. The first-order valence-electron chi connectivity index (χ1n) is 8.15. The minimum atomic E-state index is 0.704. The van der Waals surface area contributed by atoms with E-state index >= 15 is 0 Å². The predicted molar refractivity (Wildman–Crippen MR) is 78.9 cm³/mol. The Labute approximate surface area is 114 Å². The van der Waals surface area contributed by atoms with E-state index in [0.29, 0.717) is 6.04 Å². The molecule has 106 valence electrons. The Morgan fingerprint density at radius 3 is 2.17 bits per heavy atom. The van der Waals surface area contributed by atoms with Crippen LogP contribution >= 0.6 is 0 Å². The maximum Gasteiger partial charge on any atom is 0.00980 e. The van der Waals surface area contributed by atoms with Gasteiger partial charge in [0.2, 0.25) is 0 Å². The summed E-state index contributed by atoms with van der Waals surface area (Å²) in [6, 6.07) is 1.50. The van der Waals surface area contributed by atoms with Gasteiger partial charge in [0, 0.05) is 18.6 Å². The Kier molecular flexibility index (Phi) is 5.50. The van der Waals surface area contributed by atoms with Gasteiger partial charge in [-0.2, -0.15) is 0 Å². The van der Waals surface area contributed by atoms with Crippen LogP contribution in [0.2, 0.25) is 0 Å². The molecule has 0 spiro atoms. The van der Waals surface area contributed by atoms with Crippen molar-refractivity contribution < 1.29 is 0 Å². The molecule has 1 unspecified atom stereocenters. The van der Waals surface area contributed by atoms with E-state index in [1.54, 1.807) is 0 Å². The van der Waals surface area contributed by atoms with Crippen LogP contribution in [0.4, 0.5) is 0 Å². The van der Waals surface area contributed by atoms with Crippen LogP contribution in [0.3, 0.4) is 0 Å². The highest BCUT2D eigenvalue weighted by Crippen LogP contribution is 2.31. The highest BCUT2D eigenvalue weighted by Gasteiger charge is 2.29. The van der Waals surface area contributed by atoms with Crippen molar-refractivity contribution in [2.75, 3.05) is 19.6 Å². The van der Waals surface area contributed by atoms with E-state index in [2.05, 4.69) is 31.0 Å². The summed E-state index contributed by atoms with van der Waals surface area (Å²) in [6.45, 7) is 11.0. The molecule has 1 saturated carbocycles. The van der Waals surface area contributed by atoms with Crippen molar-refractivity contribution in [2.45, 2.75) is 71.4 Å². The molecule has 0 amide bonds. The van der Waals surface area contributed by atoms with Crippen molar-refractivity contribution in [2.24, 2.45) is 11.8 Å². The summed E-state index contributed by atoms with van der Waals surface area (Å²) < 4.78 is 0. The van der Waals surface area contributed by atoms with Gasteiger partial charge in [-0.25, -0.2) is 0 Å². The molecule has 1 N–H and O–H groups in total. The molecule has 0 aromatic heterocycles.